The van der Waals surface area contributed by atoms with Crippen molar-refractivity contribution in [2.24, 2.45) is 0 Å². The lowest BCUT2D eigenvalue weighted by Gasteiger charge is -2.32. The van der Waals surface area contributed by atoms with Crippen LogP contribution in [-0.2, 0) is 18.6 Å². The SMILES string of the molecule is CC1(C)OB(N2C=CN(B3OC(C)(C)C(C)(C)O3)C=C2)OC1(C)C. The van der Waals surface area contributed by atoms with Crippen LogP contribution >= 0.6 is 0 Å². The Morgan fingerprint density at radius 2 is 0.708 bits per heavy atom. The number of rotatable bonds is 2. The van der Waals surface area contributed by atoms with Gasteiger partial charge in [0.1, 0.15) is 0 Å². The van der Waals surface area contributed by atoms with Gasteiger partial charge in [0.2, 0.25) is 0 Å². The zero-order valence-corrected chi connectivity index (χ0v) is 16.0. The van der Waals surface area contributed by atoms with E-state index < -0.39 is 14.5 Å². The molecule has 2 fully saturated rings. The van der Waals surface area contributed by atoms with Crippen molar-refractivity contribution in [3.8, 4) is 0 Å². The monoisotopic (exact) mass is 334 g/mol. The van der Waals surface area contributed by atoms with Gasteiger partial charge in [0.25, 0.3) is 0 Å². The second kappa shape index (κ2) is 5.27. The summed E-state index contributed by atoms with van der Waals surface area (Å²) in [5.41, 5.74) is -1.44. The Balaban J connectivity index is 1.66. The maximum Gasteiger partial charge on any atom is 0.598 e. The first-order valence-electron chi connectivity index (χ1n) is 8.48. The summed E-state index contributed by atoms with van der Waals surface area (Å²) in [6.07, 6.45) is 7.64. The van der Waals surface area contributed by atoms with E-state index in [0.717, 1.165) is 0 Å². The van der Waals surface area contributed by atoms with Gasteiger partial charge in [0.15, 0.2) is 0 Å². The first-order valence-corrected chi connectivity index (χ1v) is 8.48. The number of nitrogens with zero attached hydrogens (tertiary/aromatic N) is 2. The second-order valence-corrected chi connectivity index (χ2v) is 8.62. The van der Waals surface area contributed by atoms with Gasteiger partial charge in [-0.3, -0.25) is 0 Å². The smallest absolute Gasteiger partial charge is 0.384 e. The second-order valence-electron chi connectivity index (χ2n) is 8.62. The third-order valence-electron chi connectivity index (χ3n) is 5.79. The topological polar surface area (TPSA) is 43.4 Å². The van der Waals surface area contributed by atoms with Gasteiger partial charge in [-0.2, -0.15) is 0 Å². The summed E-state index contributed by atoms with van der Waals surface area (Å²) in [4.78, 5) is 3.80. The first-order chi connectivity index (χ1) is 10.8. The van der Waals surface area contributed by atoms with Gasteiger partial charge in [-0.15, -0.1) is 0 Å². The van der Waals surface area contributed by atoms with Crippen molar-refractivity contribution in [2.45, 2.75) is 77.8 Å². The molecular formula is C16H28B2N2O4. The van der Waals surface area contributed by atoms with Crippen molar-refractivity contribution in [1.29, 1.82) is 0 Å². The van der Waals surface area contributed by atoms with Gasteiger partial charge in [-0.05, 0) is 55.4 Å². The zero-order chi connectivity index (χ0) is 18.0. The van der Waals surface area contributed by atoms with Gasteiger partial charge >= 0.3 is 14.5 Å². The van der Waals surface area contributed by atoms with Crippen molar-refractivity contribution < 1.29 is 18.6 Å². The molecule has 24 heavy (non-hydrogen) atoms. The third-order valence-corrected chi connectivity index (χ3v) is 5.79. The van der Waals surface area contributed by atoms with E-state index in [-0.39, 0.29) is 22.4 Å². The average molecular weight is 334 g/mol. The molecular weight excluding hydrogens is 306 g/mol. The fraction of sp³-hybridized carbons (Fsp3) is 0.750. The summed E-state index contributed by atoms with van der Waals surface area (Å²) in [7, 11) is -0.883. The van der Waals surface area contributed by atoms with Crippen LogP contribution in [0, 0.1) is 0 Å². The van der Waals surface area contributed by atoms with E-state index in [9.17, 15) is 0 Å². The van der Waals surface area contributed by atoms with Crippen molar-refractivity contribution in [1.82, 2.24) is 9.62 Å². The van der Waals surface area contributed by atoms with E-state index in [2.05, 4.69) is 0 Å². The fourth-order valence-electron chi connectivity index (χ4n) is 2.56. The summed E-state index contributed by atoms with van der Waals surface area (Å²) >= 11 is 0. The molecule has 0 amide bonds. The molecule has 0 bridgehead atoms. The Morgan fingerprint density at radius 1 is 0.500 bits per heavy atom. The summed E-state index contributed by atoms with van der Waals surface area (Å²) in [5.74, 6) is 0. The lowest BCUT2D eigenvalue weighted by molar-refractivity contribution is 0.00578. The summed E-state index contributed by atoms with van der Waals surface area (Å²) in [6.45, 7) is 16.3. The molecule has 6 nitrogen and oxygen atoms in total. The van der Waals surface area contributed by atoms with Gasteiger partial charge in [-0.25, -0.2) is 0 Å². The molecule has 0 unspecified atom stereocenters. The molecule has 0 aromatic rings. The molecule has 2 saturated heterocycles. The van der Waals surface area contributed by atoms with Crippen LogP contribution < -0.4 is 0 Å². The van der Waals surface area contributed by atoms with E-state index in [1.165, 1.54) is 0 Å². The predicted octanol–water partition coefficient (Wildman–Crippen LogP) is 2.72. The van der Waals surface area contributed by atoms with E-state index in [1.54, 1.807) is 0 Å². The normalized spacial score (nSPS) is 29.7. The van der Waals surface area contributed by atoms with Crippen LogP contribution in [0.3, 0.4) is 0 Å². The summed E-state index contributed by atoms with van der Waals surface area (Å²) in [6, 6.07) is 0. The van der Waals surface area contributed by atoms with Crippen molar-refractivity contribution in [2.75, 3.05) is 0 Å². The van der Waals surface area contributed by atoms with Gasteiger partial charge in [-0.1, -0.05) is 0 Å². The highest BCUT2D eigenvalue weighted by Crippen LogP contribution is 2.39. The molecule has 3 aliphatic rings. The van der Waals surface area contributed by atoms with Crippen LogP contribution in [0.5, 0.6) is 0 Å². The van der Waals surface area contributed by atoms with E-state index >= 15 is 0 Å². The van der Waals surface area contributed by atoms with E-state index in [1.807, 2.05) is 89.8 Å². The van der Waals surface area contributed by atoms with Crippen LogP contribution in [0.2, 0.25) is 0 Å². The molecule has 0 atom stereocenters. The van der Waals surface area contributed by atoms with Crippen molar-refractivity contribution in [3.63, 3.8) is 0 Å². The van der Waals surface area contributed by atoms with Crippen LogP contribution in [0.15, 0.2) is 24.8 Å². The number of hydrogen-bond acceptors (Lipinski definition) is 6. The lowest BCUT2D eigenvalue weighted by atomic mass is 9.90. The summed E-state index contributed by atoms with van der Waals surface area (Å²) in [5, 5.41) is 0. The Kier molecular flexibility index (Phi) is 3.92. The Bertz CT molecular complexity index is 480. The number of hydrogen-bond donors (Lipinski definition) is 0. The first kappa shape index (κ1) is 17.9. The van der Waals surface area contributed by atoms with Crippen molar-refractivity contribution >= 4 is 14.5 Å². The molecule has 8 heteroatoms. The minimum atomic E-state index is -0.442. The highest BCUT2D eigenvalue weighted by atomic mass is 16.7. The third kappa shape index (κ3) is 2.79. The minimum Gasteiger partial charge on any atom is -0.384 e. The van der Waals surface area contributed by atoms with Gasteiger partial charge < -0.3 is 28.2 Å². The van der Waals surface area contributed by atoms with Crippen LogP contribution in [0.25, 0.3) is 0 Å². The van der Waals surface area contributed by atoms with Crippen LogP contribution in [-0.4, -0.2) is 46.5 Å². The highest BCUT2D eigenvalue weighted by Gasteiger charge is 2.55. The molecule has 0 aromatic heterocycles. The highest BCUT2D eigenvalue weighted by molar-refractivity contribution is 6.44. The molecule has 132 valence electrons. The van der Waals surface area contributed by atoms with E-state index in [4.69, 9.17) is 18.6 Å². The minimum absolute atomic E-state index is 0.359. The van der Waals surface area contributed by atoms with Crippen LogP contribution in [0.4, 0.5) is 0 Å². The fourth-order valence-corrected chi connectivity index (χ4v) is 2.56. The Morgan fingerprint density at radius 3 is 0.917 bits per heavy atom. The molecule has 0 N–H and O–H groups in total. The molecule has 3 heterocycles. The average Bonchev–Trinajstić information content (AvgIpc) is 2.79. The molecule has 0 saturated carbocycles. The van der Waals surface area contributed by atoms with Crippen molar-refractivity contribution in [3.05, 3.63) is 24.8 Å². The maximum absolute atomic E-state index is 6.05. The molecule has 0 radical (unpaired) electrons. The van der Waals surface area contributed by atoms with Gasteiger partial charge in [0, 0.05) is 24.8 Å². The summed E-state index contributed by atoms with van der Waals surface area (Å²) < 4.78 is 24.2. The standard InChI is InChI=1S/C16H28B2N2O4/c1-13(2)14(3,4)22-17(21-13)19-9-11-20(12-10-19)18-23-15(5,6)16(7,8)24-18/h9-12H,1-8H3. The van der Waals surface area contributed by atoms with Crippen LogP contribution in [0.1, 0.15) is 55.4 Å². The molecule has 0 spiro atoms. The lowest BCUT2D eigenvalue weighted by Crippen LogP contribution is -2.41. The molecule has 3 aliphatic heterocycles. The van der Waals surface area contributed by atoms with Gasteiger partial charge in [0.05, 0.1) is 22.4 Å². The molecule has 0 aliphatic carbocycles. The molecule has 3 rings (SSSR count). The molecule has 0 aromatic carbocycles. The maximum atomic E-state index is 6.05. The Hall–Kier alpha value is -0.950. The quantitative estimate of drug-likeness (QED) is 0.724. The Labute approximate surface area is 146 Å². The van der Waals surface area contributed by atoms with E-state index in [0.29, 0.717) is 0 Å². The predicted molar refractivity (Wildman–Crippen MR) is 94.1 cm³/mol. The zero-order valence-electron chi connectivity index (χ0n) is 16.0. The largest absolute Gasteiger partial charge is 0.598 e.